The highest BCUT2D eigenvalue weighted by molar-refractivity contribution is 7.26. The molecule has 61 heavy (non-hydrogen) atoms. The molecular formula is C53H33N5OS2. The number of hydrogen-bond donors (Lipinski definition) is 0. The van der Waals surface area contributed by atoms with Crippen molar-refractivity contribution in [3.05, 3.63) is 200 Å². The average molecular weight is 820 g/mol. The summed E-state index contributed by atoms with van der Waals surface area (Å²) in [4.78, 5) is 18.7. The summed E-state index contributed by atoms with van der Waals surface area (Å²) in [5.41, 5.74) is 11.0. The maximum Gasteiger partial charge on any atom is 0.227 e. The summed E-state index contributed by atoms with van der Waals surface area (Å²) in [6.07, 6.45) is 3.72. The van der Waals surface area contributed by atoms with Gasteiger partial charge in [0, 0.05) is 65.9 Å². The van der Waals surface area contributed by atoms with Crippen molar-refractivity contribution in [2.24, 2.45) is 0 Å². The molecule has 8 heteroatoms. The minimum atomic E-state index is 0.606. The fraction of sp³-hybridized carbons (Fsp3) is 0. The molecule has 12 rings (SSSR count). The van der Waals surface area contributed by atoms with E-state index < -0.39 is 0 Å². The molecule has 0 radical (unpaired) electrons. The first kappa shape index (κ1) is 35.3. The van der Waals surface area contributed by atoms with Gasteiger partial charge >= 0.3 is 0 Å². The zero-order valence-corrected chi connectivity index (χ0v) is 34.1. The molecule has 0 aliphatic rings. The third-order valence-corrected chi connectivity index (χ3v) is 13.4. The Bertz CT molecular complexity index is 3310. The summed E-state index contributed by atoms with van der Waals surface area (Å²) < 4.78 is 9.74. The first-order valence-electron chi connectivity index (χ1n) is 20.1. The van der Waals surface area contributed by atoms with E-state index in [1.54, 1.807) is 11.3 Å². The van der Waals surface area contributed by atoms with Crippen LogP contribution in [-0.4, -0.2) is 15.0 Å². The summed E-state index contributed by atoms with van der Waals surface area (Å²) in [5.74, 6) is 0.606. The monoisotopic (exact) mass is 819 g/mol. The number of hydrogen-bond acceptors (Lipinski definition) is 8. The van der Waals surface area contributed by atoms with E-state index in [4.69, 9.17) is 14.4 Å². The largest absolute Gasteiger partial charge is 0.436 e. The van der Waals surface area contributed by atoms with Gasteiger partial charge in [-0.25, -0.2) is 9.97 Å². The Kier molecular flexibility index (Phi) is 8.43. The molecule has 0 aliphatic carbocycles. The normalized spacial score (nSPS) is 11.6. The number of benzene rings is 8. The van der Waals surface area contributed by atoms with Crippen LogP contribution in [0.3, 0.4) is 0 Å². The average Bonchev–Trinajstić information content (AvgIpc) is 4.05. The van der Waals surface area contributed by atoms with E-state index in [1.807, 2.05) is 60.1 Å². The predicted molar refractivity (Wildman–Crippen MR) is 256 cm³/mol. The summed E-state index contributed by atoms with van der Waals surface area (Å²) in [7, 11) is 0. The fourth-order valence-corrected chi connectivity index (χ4v) is 10.4. The van der Waals surface area contributed by atoms with Gasteiger partial charge in [0.2, 0.25) is 5.89 Å². The van der Waals surface area contributed by atoms with Crippen LogP contribution in [-0.2, 0) is 0 Å². The van der Waals surface area contributed by atoms with Crippen molar-refractivity contribution in [3.63, 3.8) is 0 Å². The highest BCUT2D eigenvalue weighted by Gasteiger charge is 2.18. The van der Waals surface area contributed by atoms with Crippen molar-refractivity contribution >= 4 is 109 Å². The minimum absolute atomic E-state index is 0.606. The predicted octanol–water partition coefficient (Wildman–Crippen LogP) is 15.6. The molecule has 12 aromatic rings. The van der Waals surface area contributed by atoms with Gasteiger partial charge in [0.05, 0.1) is 22.1 Å². The molecule has 0 fully saturated rings. The molecule has 288 valence electrons. The van der Waals surface area contributed by atoms with E-state index in [9.17, 15) is 0 Å². The van der Waals surface area contributed by atoms with Crippen molar-refractivity contribution in [3.8, 4) is 22.0 Å². The molecule has 0 amide bonds. The van der Waals surface area contributed by atoms with Gasteiger partial charge in [0.1, 0.15) is 10.5 Å². The number of oxazole rings is 1. The zero-order chi connectivity index (χ0) is 40.3. The van der Waals surface area contributed by atoms with E-state index in [1.165, 1.54) is 35.6 Å². The Morgan fingerprint density at radius 2 is 1.07 bits per heavy atom. The van der Waals surface area contributed by atoms with E-state index in [0.717, 1.165) is 66.9 Å². The highest BCUT2D eigenvalue weighted by Crippen LogP contribution is 2.44. The van der Waals surface area contributed by atoms with Crippen LogP contribution >= 0.6 is 22.7 Å². The van der Waals surface area contributed by atoms with Gasteiger partial charge in [-0.3, -0.25) is 4.98 Å². The number of rotatable bonds is 8. The first-order chi connectivity index (χ1) is 30.2. The molecule has 0 atom stereocenters. The maximum atomic E-state index is 6.08. The minimum Gasteiger partial charge on any atom is -0.436 e. The van der Waals surface area contributed by atoms with Crippen molar-refractivity contribution < 1.29 is 4.42 Å². The van der Waals surface area contributed by atoms with E-state index in [2.05, 4.69) is 166 Å². The standard InChI is InChI=1S/C53H33N5OS2/c1-2-9-38(10-3-1)57(39-23-18-35(19-24-39)53-56-47-13-5-7-15-49(47)61-53)41-25-20-36-30-45-44-27-26-42(32-51(44)60-50(45)31-37(36)29-41)58(43-11-8-28-54-33-43)40-21-16-34(17-22-40)52-55-46-12-4-6-14-48(46)59-52/h1-33H. The maximum absolute atomic E-state index is 6.08. The Morgan fingerprint density at radius 3 is 1.85 bits per heavy atom. The Balaban J connectivity index is 0.903. The topological polar surface area (TPSA) is 58.3 Å². The number of pyridine rings is 1. The second-order valence-electron chi connectivity index (χ2n) is 14.9. The van der Waals surface area contributed by atoms with Crippen LogP contribution in [0.5, 0.6) is 0 Å². The van der Waals surface area contributed by atoms with Crippen LogP contribution in [0, 0.1) is 0 Å². The zero-order valence-electron chi connectivity index (χ0n) is 32.5. The SMILES string of the molecule is c1ccc(N(c2ccc(-c3nc4ccccc4s3)cc2)c2ccc3cc4c(cc3c2)sc2cc(N(c3ccc(-c5nc6ccccc6o5)cc3)c3cccnc3)ccc24)cc1. The second-order valence-corrected chi connectivity index (χ2v) is 17.1. The number of anilines is 6. The summed E-state index contributed by atoms with van der Waals surface area (Å²) in [6, 6.07) is 66.2. The van der Waals surface area contributed by atoms with Gasteiger partial charge in [0.15, 0.2) is 5.58 Å². The number of fused-ring (bicyclic) bond motifs is 6. The van der Waals surface area contributed by atoms with Crippen LogP contribution in [0.1, 0.15) is 0 Å². The second kappa shape index (κ2) is 14.6. The number of nitrogens with zero attached hydrogens (tertiary/aromatic N) is 5. The van der Waals surface area contributed by atoms with Crippen molar-refractivity contribution in [1.82, 2.24) is 15.0 Å². The molecule has 0 aliphatic heterocycles. The van der Waals surface area contributed by atoms with Crippen LogP contribution < -0.4 is 9.80 Å². The lowest BCUT2D eigenvalue weighted by molar-refractivity contribution is 0.620. The van der Waals surface area contributed by atoms with Crippen molar-refractivity contribution in [2.45, 2.75) is 0 Å². The summed E-state index contributed by atoms with van der Waals surface area (Å²) in [6.45, 7) is 0. The van der Waals surface area contributed by atoms with E-state index in [0.29, 0.717) is 5.89 Å². The number of thiophene rings is 1. The van der Waals surface area contributed by atoms with Crippen molar-refractivity contribution in [1.29, 1.82) is 0 Å². The number of aromatic nitrogens is 3. The van der Waals surface area contributed by atoms with Crippen LogP contribution in [0.2, 0.25) is 0 Å². The van der Waals surface area contributed by atoms with Crippen LogP contribution in [0.4, 0.5) is 34.1 Å². The summed E-state index contributed by atoms with van der Waals surface area (Å²) >= 11 is 3.55. The molecular weight excluding hydrogens is 787 g/mol. The van der Waals surface area contributed by atoms with Gasteiger partial charge in [-0.15, -0.1) is 22.7 Å². The molecule has 0 spiro atoms. The van der Waals surface area contributed by atoms with Gasteiger partial charge in [-0.1, -0.05) is 54.6 Å². The summed E-state index contributed by atoms with van der Waals surface area (Å²) in [5, 5.41) is 5.93. The Hall–Kier alpha value is -7.65. The highest BCUT2D eigenvalue weighted by atomic mass is 32.1. The molecule has 0 saturated carbocycles. The smallest absolute Gasteiger partial charge is 0.227 e. The lowest BCUT2D eigenvalue weighted by atomic mass is 10.0. The number of thiazole rings is 1. The molecule has 0 N–H and O–H groups in total. The molecule has 8 aromatic carbocycles. The molecule has 0 unspecified atom stereocenters. The van der Waals surface area contributed by atoms with Crippen LogP contribution in [0.15, 0.2) is 205 Å². The molecule has 4 aromatic heterocycles. The first-order valence-corrected chi connectivity index (χ1v) is 21.7. The Labute approximate surface area is 358 Å². The third kappa shape index (κ3) is 6.37. The van der Waals surface area contributed by atoms with E-state index >= 15 is 0 Å². The van der Waals surface area contributed by atoms with Gasteiger partial charge < -0.3 is 14.2 Å². The lowest BCUT2D eigenvalue weighted by Gasteiger charge is -2.26. The van der Waals surface area contributed by atoms with Gasteiger partial charge in [-0.2, -0.15) is 0 Å². The van der Waals surface area contributed by atoms with E-state index in [-0.39, 0.29) is 0 Å². The molecule has 6 nitrogen and oxygen atoms in total. The third-order valence-electron chi connectivity index (χ3n) is 11.2. The molecule has 0 bridgehead atoms. The van der Waals surface area contributed by atoms with Crippen molar-refractivity contribution in [2.75, 3.05) is 9.80 Å². The number of para-hydroxylation sites is 4. The van der Waals surface area contributed by atoms with Gasteiger partial charge in [-0.05, 0) is 144 Å². The molecule has 0 saturated heterocycles. The Morgan fingerprint density at radius 1 is 0.410 bits per heavy atom. The molecule has 4 heterocycles. The fourth-order valence-electron chi connectivity index (χ4n) is 8.23. The quantitative estimate of drug-likeness (QED) is 0.152. The van der Waals surface area contributed by atoms with Crippen LogP contribution in [0.25, 0.3) is 74.3 Å². The lowest BCUT2D eigenvalue weighted by Crippen LogP contribution is -2.09. The van der Waals surface area contributed by atoms with Gasteiger partial charge in [0.25, 0.3) is 0 Å².